The first-order chi connectivity index (χ1) is 17.7. The van der Waals surface area contributed by atoms with Crippen molar-refractivity contribution in [1.29, 1.82) is 0 Å². The molecule has 0 fully saturated rings. The number of nitrogens with one attached hydrogen (secondary N) is 3. The van der Waals surface area contributed by atoms with E-state index in [0.29, 0.717) is 0 Å². The van der Waals surface area contributed by atoms with Crippen LogP contribution in [0.15, 0.2) is 84.5 Å². The van der Waals surface area contributed by atoms with Crippen LogP contribution in [0.25, 0.3) is 39.3 Å². The number of allylic oxidation sites excluding steroid dienone is 3. The second kappa shape index (κ2) is 9.67. The average Bonchev–Trinajstić information content (AvgIpc) is 3.62. The lowest BCUT2D eigenvalue weighted by atomic mass is 9.93. The lowest BCUT2D eigenvalue weighted by molar-refractivity contribution is 0.509. The quantitative estimate of drug-likeness (QED) is 0.195. The minimum atomic E-state index is -0.0595. The molecule has 7 heteroatoms. The van der Waals surface area contributed by atoms with Crippen LogP contribution in [-0.2, 0) is 0 Å². The average molecular weight is 507 g/mol. The van der Waals surface area contributed by atoms with E-state index >= 15 is 0 Å². The van der Waals surface area contributed by atoms with E-state index in [9.17, 15) is 0 Å². The van der Waals surface area contributed by atoms with Gasteiger partial charge in [0.15, 0.2) is 0 Å². The van der Waals surface area contributed by atoms with Crippen molar-refractivity contribution < 1.29 is 0 Å². The maximum absolute atomic E-state index is 4.99. The molecule has 0 saturated carbocycles. The number of aryl methyl sites for hydroxylation is 1. The van der Waals surface area contributed by atoms with E-state index < -0.39 is 0 Å². The summed E-state index contributed by atoms with van der Waals surface area (Å²) in [5.41, 5.74) is 11.3. The van der Waals surface area contributed by atoms with Crippen LogP contribution in [0.5, 0.6) is 0 Å². The number of aromatic nitrogens is 5. The van der Waals surface area contributed by atoms with Crippen molar-refractivity contribution in [2.24, 2.45) is 5.41 Å². The van der Waals surface area contributed by atoms with Crippen molar-refractivity contribution in [3.05, 3.63) is 101 Å². The standard InChI is InChI=1S/C30H30N6S/c1-7-8-23(20-11-12-37-17-20)24-14-27(32-18(24)2)29-28-26(35-36-29)10-9-25(34-28)21-13-22(16-31-15-21)33-19(3)30(4,5)6/h7-17,32-33H,1,3H2,2,4-6H3,(H,35,36)/b23-8-. The molecule has 0 spiro atoms. The van der Waals surface area contributed by atoms with Crippen LogP contribution in [0.2, 0.25) is 0 Å². The minimum Gasteiger partial charge on any atom is -0.358 e. The Labute approximate surface area is 220 Å². The SMILES string of the molecule is C=C/C=C(/c1ccsc1)c1cc(-c2n[nH]c3ccc(-c4cncc(NC(=C)C(C)(C)C)c4)nc23)[nH]c1C. The number of hydrogen-bond donors (Lipinski definition) is 3. The molecule has 0 aliphatic rings. The zero-order chi connectivity index (χ0) is 26.2. The molecule has 0 aromatic carbocycles. The summed E-state index contributed by atoms with van der Waals surface area (Å²) in [6.07, 6.45) is 7.49. The molecule has 186 valence electrons. The number of fused-ring (bicyclic) bond motifs is 1. The maximum atomic E-state index is 4.99. The van der Waals surface area contributed by atoms with Gasteiger partial charge < -0.3 is 10.3 Å². The maximum Gasteiger partial charge on any atom is 0.135 e. The number of hydrogen-bond acceptors (Lipinski definition) is 5. The van der Waals surface area contributed by atoms with Crippen LogP contribution in [0, 0.1) is 12.3 Å². The fourth-order valence-corrected chi connectivity index (χ4v) is 4.76. The van der Waals surface area contributed by atoms with Gasteiger partial charge in [-0.3, -0.25) is 10.1 Å². The van der Waals surface area contributed by atoms with E-state index in [1.54, 1.807) is 17.5 Å². The zero-order valence-electron chi connectivity index (χ0n) is 21.5. The van der Waals surface area contributed by atoms with Crippen LogP contribution in [-0.4, -0.2) is 25.1 Å². The highest BCUT2D eigenvalue weighted by Gasteiger charge is 2.18. The topological polar surface area (TPSA) is 82.3 Å². The number of H-pyrrole nitrogens is 2. The largest absolute Gasteiger partial charge is 0.358 e. The highest BCUT2D eigenvalue weighted by atomic mass is 32.1. The zero-order valence-corrected chi connectivity index (χ0v) is 22.3. The second-order valence-electron chi connectivity index (χ2n) is 10.0. The monoisotopic (exact) mass is 506 g/mol. The third-order valence-corrected chi connectivity index (χ3v) is 7.00. The molecule has 5 aromatic rings. The Morgan fingerprint density at radius 1 is 1.14 bits per heavy atom. The van der Waals surface area contributed by atoms with E-state index in [1.165, 1.54) is 5.56 Å². The lowest BCUT2D eigenvalue weighted by Gasteiger charge is -2.23. The summed E-state index contributed by atoms with van der Waals surface area (Å²) >= 11 is 1.68. The van der Waals surface area contributed by atoms with Gasteiger partial charge in [-0.2, -0.15) is 16.4 Å². The van der Waals surface area contributed by atoms with Crippen molar-refractivity contribution in [3.8, 4) is 22.6 Å². The molecule has 0 amide bonds. The normalized spacial score (nSPS) is 12.2. The molecule has 6 nitrogen and oxygen atoms in total. The van der Waals surface area contributed by atoms with Crippen LogP contribution in [0.4, 0.5) is 5.69 Å². The molecule has 0 aliphatic heterocycles. The van der Waals surface area contributed by atoms with Crippen molar-refractivity contribution >= 4 is 33.6 Å². The Bertz CT molecular complexity index is 1630. The summed E-state index contributed by atoms with van der Waals surface area (Å²) in [6.45, 7) is 16.5. The third kappa shape index (κ3) is 4.90. The van der Waals surface area contributed by atoms with Gasteiger partial charge in [0.2, 0.25) is 0 Å². The molecule has 0 radical (unpaired) electrons. The highest BCUT2D eigenvalue weighted by molar-refractivity contribution is 7.08. The third-order valence-electron chi connectivity index (χ3n) is 6.32. The molecule has 0 aliphatic carbocycles. The van der Waals surface area contributed by atoms with Gasteiger partial charge in [0.05, 0.1) is 28.8 Å². The van der Waals surface area contributed by atoms with Crippen molar-refractivity contribution in [3.63, 3.8) is 0 Å². The molecule has 0 atom stereocenters. The minimum absolute atomic E-state index is 0.0595. The first kappa shape index (κ1) is 24.5. The Balaban J connectivity index is 1.52. The van der Waals surface area contributed by atoms with Gasteiger partial charge in [0, 0.05) is 34.1 Å². The van der Waals surface area contributed by atoms with Crippen LogP contribution in [0.3, 0.4) is 0 Å². The summed E-state index contributed by atoms with van der Waals surface area (Å²) < 4.78 is 0. The smallest absolute Gasteiger partial charge is 0.135 e. The molecular weight excluding hydrogens is 476 g/mol. The first-order valence-corrected chi connectivity index (χ1v) is 13.0. The molecule has 0 bridgehead atoms. The summed E-state index contributed by atoms with van der Waals surface area (Å²) in [6, 6.07) is 10.3. The molecule has 37 heavy (non-hydrogen) atoms. The number of aromatic amines is 2. The van der Waals surface area contributed by atoms with Gasteiger partial charge in [0.1, 0.15) is 11.2 Å². The Morgan fingerprint density at radius 3 is 2.70 bits per heavy atom. The Hall–Kier alpha value is -4.23. The number of nitrogens with zero attached hydrogens (tertiary/aromatic N) is 3. The molecule has 5 aromatic heterocycles. The van der Waals surface area contributed by atoms with Gasteiger partial charge in [-0.05, 0) is 59.2 Å². The van der Waals surface area contributed by atoms with Crippen molar-refractivity contribution in [2.75, 3.05) is 5.32 Å². The number of pyridine rings is 2. The van der Waals surface area contributed by atoms with Gasteiger partial charge in [-0.15, -0.1) is 0 Å². The predicted molar refractivity (Wildman–Crippen MR) is 155 cm³/mol. The van der Waals surface area contributed by atoms with E-state index in [2.05, 4.69) is 89.2 Å². The number of rotatable bonds is 7. The number of thiophene rings is 1. The Kier molecular flexibility index (Phi) is 6.39. The lowest BCUT2D eigenvalue weighted by Crippen LogP contribution is -2.15. The summed E-state index contributed by atoms with van der Waals surface area (Å²) in [4.78, 5) is 12.9. The molecular formula is C30H30N6S. The molecule has 5 rings (SSSR count). The van der Waals surface area contributed by atoms with Crippen molar-refractivity contribution in [1.82, 2.24) is 25.1 Å². The number of anilines is 1. The molecule has 3 N–H and O–H groups in total. The van der Waals surface area contributed by atoms with E-state index in [0.717, 1.165) is 61.9 Å². The summed E-state index contributed by atoms with van der Waals surface area (Å²) in [7, 11) is 0. The van der Waals surface area contributed by atoms with Gasteiger partial charge in [-0.25, -0.2) is 4.98 Å². The van der Waals surface area contributed by atoms with Gasteiger partial charge >= 0.3 is 0 Å². The Morgan fingerprint density at radius 2 is 1.97 bits per heavy atom. The van der Waals surface area contributed by atoms with Crippen LogP contribution < -0.4 is 5.32 Å². The highest BCUT2D eigenvalue weighted by Crippen LogP contribution is 2.34. The second-order valence-corrected chi connectivity index (χ2v) is 10.8. The molecule has 0 unspecified atom stereocenters. The predicted octanol–water partition coefficient (Wildman–Crippen LogP) is 7.97. The first-order valence-electron chi connectivity index (χ1n) is 12.1. The van der Waals surface area contributed by atoms with E-state index in [4.69, 9.17) is 4.98 Å². The fourth-order valence-electron chi connectivity index (χ4n) is 4.10. The summed E-state index contributed by atoms with van der Waals surface area (Å²) in [5, 5.41) is 15.4. The van der Waals surface area contributed by atoms with Crippen molar-refractivity contribution in [2.45, 2.75) is 27.7 Å². The molecule has 0 saturated heterocycles. The van der Waals surface area contributed by atoms with E-state index in [-0.39, 0.29) is 5.41 Å². The molecule has 5 heterocycles. The fraction of sp³-hybridized carbons (Fsp3) is 0.167. The van der Waals surface area contributed by atoms with Gasteiger partial charge in [-0.1, -0.05) is 46.1 Å². The van der Waals surface area contributed by atoms with Crippen LogP contribution >= 0.6 is 11.3 Å². The van der Waals surface area contributed by atoms with Crippen LogP contribution in [0.1, 0.15) is 37.6 Å². The van der Waals surface area contributed by atoms with E-state index in [1.807, 2.05) is 36.5 Å². The van der Waals surface area contributed by atoms with Gasteiger partial charge in [0.25, 0.3) is 0 Å². The summed E-state index contributed by atoms with van der Waals surface area (Å²) in [5.74, 6) is 0.